The lowest BCUT2D eigenvalue weighted by molar-refractivity contribution is 0.0936. The van der Waals surface area contributed by atoms with Gasteiger partial charge in [-0.25, -0.2) is 0 Å². The predicted octanol–water partition coefficient (Wildman–Crippen LogP) is 3.44. The van der Waals surface area contributed by atoms with Crippen LogP contribution in [0.4, 0.5) is 5.00 Å². The fourth-order valence-electron chi connectivity index (χ4n) is 2.39. The van der Waals surface area contributed by atoms with E-state index in [-0.39, 0.29) is 17.8 Å². The number of ether oxygens (including phenoxy) is 1. The highest BCUT2D eigenvalue weighted by Crippen LogP contribution is 2.38. The summed E-state index contributed by atoms with van der Waals surface area (Å²) >= 11 is 1.61. The molecule has 22 heavy (non-hydrogen) atoms. The zero-order valence-electron chi connectivity index (χ0n) is 12.6. The zero-order valence-corrected chi connectivity index (χ0v) is 13.5. The monoisotopic (exact) mass is 318 g/mol. The lowest BCUT2D eigenvalue weighted by Gasteiger charge is -2.26. The highest BCUT2D eigenvalue weighted by Gasteiger charge is 2.28. The van der Waals surface area contributed by atoms with E-state index >= 15 is 0 Å². The van der Waals surface area contributed by atoms with Crippen molar-refractivity contribution in [2.24, 2.45) is 0 Å². The van der Waals surface area contributed by atoms with Crippen LogP contribution in [0, 0.1) is 0 Å². The maximum absolute atomic E-state index is 12.3. The Morgan fingerprint density at radius 3 is 2.73 bits per heavy atom. The number of nitrogens with one attached hydrogen (secondary N) is 2. The van der Waals surface area contributed by atoms with Gasteiger partial charge in [-0.05, 0) is 29.7 Å². The summed E-state index contributed by atoms with van der Waals surface area (Å²) in [6.07, 6.45) is -0.340. The minimum absolute atomic E-state index is 0.0762. The number of fused-ring (bicyclic) bond motifs is 1. The minimum Gasteiger partial charge on any atom is -0.504 e. The van der Waals surface area contributed by atoms with Crippen LogP contribution in [0.3, 0.4) is 0 Å². The number of methoxy groups -OCH3 is 1. The van der Waals surface area contributed by atoms with Crippen molar-refractivity contribution in [3.8, 4) is 11.5 Å². The molecule has 0 aliphatic carbocycles. The normalized spacial score (nSPS) is 16.9. The number of anilines is 1. The van der Waals surface area contributed by atoms with Gasteiger partial charge >= 0.3 is 0 Å². The number of amides is 1. The van der Waals surface area contributed by atoms with Crippen molar-refractivity contribution in [3.63, 3.8) is 0 Å². The van der Waals surface area contributed by atoms with Crippen LogP contribution in [0.15, 0.2) is 24.3 Å². The first-order chi connectivity index (χ1) is 10.5. The number of aromatic hydroxyl groups is 1. The summed E-state index contributed by atoms with van der Waals surface area (Å²) in [6.45, 7) is 4.22. The first-order valence-electron chi connectivity index (χ1n) is 7.07. The molecule has 1 aromatic heterocycles. The second-order valence-electron chi connectivity index (χ2n) is 5.53. The summed E-state index contributed by atoms with van der Waals surface area (Å²) in [5.74, 6) is 0.757. The number of hydrogen-bond acceptors (Lipinski definition) is 5. The number of benzene rings is 1. The number of thiophene rings is 1. The lowest BCUT2D eigenvalue weighted by Crippen LogP contribution is -2.37. The summed E-state index contributed by atoms with van der Waals surface area (Å²) in [5.41, 5.74) is 1.52. The van der Waals surface area contributed by atoms with E-state index in [9.17, 15) is 9.90 Å². The second kappa shape index (κ2) is 5.53. The van der Waals surface area contributed by atoms with Gasteiger partial charge in [-0.15, -0.1) is 11.3 Å². The SMILES string of the molecule is COc1cc(C2NC(=O)c3cc(C(C)C)sc3N2)ccc1O. The summed E-state index contributed by atoms with van der Waals surface area (Å²) < 4.78 is 5.12. The Bertz CT molecular complexity index is 724. The van der Waals surface area contributed by atoms with Crippen LogP contribution in [0.5, 0.6) is 11.5 Å². The van der Waals surface area contributed by atoms with Crippen molar-refractivity contribution in [1.82, 2.24) is 5.32 Å². The first kappa shape index (κ1) is 14.7. The molecule has 0 fully saturated rings. The molecule has 1 unspecified atom stereocenters. The van der Waals surface area contributed by atoms with Crippen molar-refractivity contribution in [3.05, 3.63) is 40.3 Å². The Morgan fingerprint density at radius 2 is 2.05 bits per heavy atom. The van der Waals surface area contributed by atoms with Crippen LogP contribution < -0.4 is 15.4 Å². The van der Waals surface area contributed by atoms with Crippen LogP contribution >= 0.6 is 11.3 Å². The van der Waals surface area contributed by atoms with Crippen molar-refractivity contribution in [1.29, 1.82) is 0 Å². The van der Waals surface area contributed by atoms with Crippen molar-refractivity contribution in [2.75, 3.05) is 12.4 Å². The molecule has 6 heteroatoms. The third kappa shape index (κ3) is 2.50. The molecule has 0 spiro atoms. The number of hydrogen-bond donors (Lipinski definition) is 3. The average Bonchev–Trinajstić information content (AvgIpc) is 2.92. The zero-order chi connectivity index (χ0) is 15.9. The molecule has 1 amide bonds. The van der Waals surface area contributed by atoms with Gasteiger partial charge < -0.3 is 20.5 Å². The standard InChI is InChI=1S/C16H18N2O3S/c1-8(2)13-7-10-15(20)17-14(18-16(10)22-13)9-4-5-11(19)12(6-9)21-3/h4-8,14,18-19H,1-3H3,(H,17,20). The molecule has 1 aliphatic heterocycles. The van der Waals surface area contributed by atoms with Gasteiger partial charge in [0.2, 0.25) is 0 Å². The lowest BCUT2D eigenvalue weighted by atomic mass is 10.1. The largest absolute Gasteiger partial charge is 0.504 e. The number of rotatable bonds is 3. The van der Waals surface area contributed by atoms with Gasteiger partial charge in [0, 0.05) is 4.88 Å². The van der Waals surface area contributed by atoms with Crippen molar-refractivity contribution < 1.29 is 14.6 Å². The summed E-state index contributed by atoms with van der Waals surface area (Å²) in [6, 6.07) is 6.99. The van der Waals surface area contributed by atoms with E-state index in [1.165, 1.54) is 12.0 Å². The van der Waals surface area contributed by atoms with Gasteiger partial charge in [0.25, 0.3) is 5.91 Å². The molecule has 1 atom stereocenters. The molecule has 0 saturated heterocycles. The molecule has 2 heterocycles. The van der Waals surface area contributed by atoms with E-state index in [0.29, 0.717) is 17.2 Å². The number of phenolic OH excluding ortho intramolecular Hbond substituents is 1. The van der Waals surface area contributed by atoms with Crippen LogP contribution in [0.25, 0.3) is 0 Å². The third-order valence-electron chi connectivity index (χ3n) is 3.65. The number of phenols is 1. The molecule has 2 aromatic rings. The molecule has 1 aromatic carbocycles. The molecular weight excluding hydrogens is 300 g/mol. The van der Waals surface area contributed by atoms with E-state index in [0.717, 1.165) is 10.6 Å². The molecular formula is C16H18N2O3S. The Morgan fingerprint density at radius 1 is 1.27 bits per heavy atom. The van der Waals surface area contributed by atoms with Crippen LogP contribution in [0.2, 0.25) is 0 Å². The molecule has 5 nitrogen and oxygen atoms in total. The fourth-order valence-corrected chi connectivity index (χ4v) is 3.47. The molecule has 3 rings (SSSR count). The van der Waals surface area contributed by atoms with E-state index in [1.807, 2.05) is 6.07 Å². The summed E-state index contributed by atoms with van der Waals surface area (Å²) in [4.78, 5) is 13.5. The maximum atomic E-state index is 12.3. The van der Waals surface area contributed by atoms with E-state index in [1.54, 1.807) is 29.5 Å². The molecule has 0 radical (unpaired) electrons. The number of carbonyl (C=O) groups is 1. The molecule has 3 N–H and O–H groups in total. The highest BCUT2D eigenvalue weighted by atomic mass is 32.1. The maximum Gasteiger partial charge on any atom is 0.256 e. The second-order valence-corrected chi connectivity index (χ2v) is 6.61. The minimum atomic E-state index is -0.340. The number of carbonyl (C=O) groups excluding carboxylic acids is 1. The van der Waals surface area contributed by atoms with Crippen LogP contribution in [-0.2, 0) is 0 Å². The Kier molecular flexibility index (Phi) is 3.70. The van der Waals surface area contributed by atoms with Crippen molar-refractivity contribution in [2.45, 2.75) is 25.9 Å². The quantitative estimate of drug-likeness (QED) is 0.811. The first-order valence-corrected chi connectivity index (χ1v) is 7.89. The van der Waals surface area contributed by atoms with Gasteiger partial charge in [0.1, 0.15) is 11.2 Å². The smallest absolute Gasteiger partial charge is 0.256 e. The highest BCUT2D eigenvalue weighted by molar-refractivity contribution is 7.16. The van der Waals surface area contributed by atoms with Crippen molar-refractivity contribution >= 4 is 22.2 Å². The predicted molar refractivity (Wildman–Crippen MR) is 86.9 cm³/mol. The molecule has 0 saturated carbocycles. The average molecular weight is 318 g/mol. The third-order valence-corrected chi connectivity index (χ3v) is 5.02. The van der Waals surface area contributed by atoms with Gasteiger partial charge in [-0.3, -0.25) is 4.79 Å². The van der Waals surface area contributed by atoms with Gasteiger partial charge in [-0.1, -0.05) is 19.9 Å². The fraction of sp³-hybridized carbons (Fsp3) is 0.312. The van der Waals surface area contributed by atoms with E-state index in [4.69, 9.17) is 4.74 Å². The molecule has 116 valence electrons. The Hall–Kier alpha value is -2.21. The topological polar surface area (TPSA) is 70.6 Å². The van der Waals surface area contributed by atoms with E-state index < -0.39 is 0 Å². The summed E-state index contributed by atoms with van der Waals surface area (Å²) in [5, 5.41) is 16.8. The van der Waals surface area contributed by atoms with Gasteiger partial charge in [-0.2, -0.15) is 0 Å². The Balaban J connectivity index is 1.93. The van der Waals surface area contributed by atoms with Crippen LogP contribution in [-0.4, -0.2) is 18.1 Å². The van der Waals surface area contributed by atoms with Gasteiger partial charge in [0.05, 0.1) is 12.7 Å². The van der Waals surface area contributed by atoms with E-state index in [2.05, 4.69) is 24.5 Å². The van der Waals surface area contributed by atoms with Crippen LogP contribution in [0.1, 0.15) is 46.7 Å². The Labute approximate surface area is 132 Å². The molecule has 1 aliphatic rings. The molecule has 0 bridgehead atoms. The summed E-state index contributed by atoms with van der Waals surface area (Å²) in [7, 11) is 1.50. The van der Waals surface area contributed by atoms with Gasteiger partial charge in [0.15, 0.2) is 11.5 Å².